The summed E-state index contributed by atoms with van der Waals surface area (Å²) >= 11 is 11.8. The maximum absolute atomic E-state index is 11.8. The van der Waals surface area contributed by atoms with Crippen LogP contribution in [0.1, 0.15) is 20.8 Å². The van der Waals surface area contributed by atoms with E-state index in [4.69, 9.17) is 28.9 Å². The first-order chi connectivity index (χ1) is 8.81. The van der Waals surface area contributed by atoms with E-state index in [2.05, 4.69) is 15.6 Å². The Morgan fingerprint density at radius 1 is 1.37 bits per heavy atom. The molecule has 1 aromatic rings. The Balaban J connectivity index is 2.69. The Kier molecular flexibility index (Phi) is 5.69. The van der Waals surface area contributed by atoms with Crippen LogP contribution in [-0.4, -0.2) is 23.5 Å². The minimum absolute atomic E-state index is 0.125. The van der Waals surface area contributed by atoms with E-state index in [-0.39, 0.29) is 16.7 Å². The molecule has 1 atom stereocenters. The normalized spacial score (nSPS) is 12.3. The first kappa shape index (κ1) is 15.9. The van der Waals surface area contributed by atoms with Gasteiger partial charge in [0.25, 0.3) is 0 Å². The minimum Gasteiger partial charge on any atom is -0.382 e. The molecule has 0 aliphatic rings. The minimum atomic E-state index is -0.468. The van der Waals surface area contributed by atoms with Crippen molar-refractivity contribution in [3.05, 3.63) is 16.1 Å². The predicted molar refractivity (Wildman–Crippen MR) is 79.6 cm³/mol. The third kappa shape index (κ3) is 4.76. The number of carbonyl (C=O) groups excluding carboxylic acids is 1. The number of amides is 1. The monoisotopic (exact) mass is 304 g/mol. The van der Waals surface area contributed by atoms with Crippen LogP contribution in [0.15, 0.2) is 6.07 Å². The maximum atomic E-state index is 11.8. The van der Waals surface area contributed by atoms with Gasteiger partial charge < -0.3 is 16.4 Å². The van der Waals surface area contributed by atoms with Crippen molar-refractivity contribution in [1.29, 1.82) is 0 Å². The molecule has 4 N–H and O–H groups in total. The Morgan fingerprint density at radius 3 is 2.58 bits per heavy atom. The van der Waals surface area contributed by atoms with Gasteiger partial charge in [0.2, 0.25) is 5.91 Å². The van der Waals surface area contributed by atoms with Crippen molar-refractivity contribution in [1.82, 2.24) is 10.3 Å². The van der Waals surface area contributed by atoms with Crippen LogP contribution in [0.25, 0.3) is 0 Å². The first-order valence-corrected chi connectivity index (χ1v) is 6.72. The number of nitrogens with zero attached hydrogens (tertiary/aromatic N) is 1. The van der Waals surface area contributed by atoms with Crippen molar-refractivity contribution in [3.63, 3.8) is 0 Å². The van der Waals surface area contributed by atoms with Crippen LogP contribution in [0.5, 0.6) is 0 Å². The van der Waals surface area contributed by atoms with Gasteiger partial charge in [0.05, 0.1) is 10.0 Å². The van der Waals surface area contributed by atoms with Crippen LogP contribution in [0.3, 0.4) is 0 Å². The molecular formula is C12H18Cl2N4O. The number of rotatable bonds is 5. The molecule has 0 saturated heterocycles. The van der Waals surface area contributed by atoms with Crippen molar-refractivity contribution >= 4 is 40.7 Å². The molecular weight excluding hydrogens is 287 g/mol. The third-order valence-corrected chi connectivity index (χ3v) is 2.98. The van der Waals surface area contributed by atoms with Crippen molar-refractivity contribution in [2.75, 3.05) is 17.6 Å². The van der Waals surface area contributed by atoms with E-state index in [0.717, 1.165) is 0 Å². The molecule has 106 valence electrons. The Morgan fingerprint density at radius 2 is 2.00 bits per heavy atom. The largest absolute Gasteiger partial charge is 0.382 e. The number of pyridine rings is 1. The lowest BCUT2D eigenvalue weighted by Crippen LogP contribution is -2.39. The van der Waals surface area contributed by atoms with E-state index in [1.165, 1.54) is 6.07 Å². The topological polar surface area (TPSA) is 80.0 Å². The number of halogens is 2. The van der Waals surface area contributed by atoms with Crippen LogP contribution >= 0.6 is 23.2 Å². The zero-order chi connectivity index (χ0) is 14.6. The van der Waals surface area contributed by atoms with Gasteiger partial charge in [-0.1, -0.05) is 37.0 Å². The molecule has 0 radical (unpaired) electrons. The first-order valence-electron chi connectivity index (χ1n) is 5.97. The number of nitrogen functional groups attached to an aromatic ring is 1. The number of hydrogen-bond acceptors (Lipinski definition) is 4. The number of nitrogens with two attached hydrogens (primary N) is 1. The number of aromatic nitrogens is 1. The van der Waals surface area contributed by atoms with Gasteiger partial charge in [-0.2, -0.15) is 0 Å². The van der Waals surface area contributed by atoms with Crippen LogP contribution in [-0.2, 0) is 4.79 Å². The molecule has 0 spiro atoms. The number of anilines is 2. The zero-order valence-electron chi connectivity index (χ0n) is 11.1. The fraction of sp³-hybridized carbons (Fsp3) is 0.500. The van der Waals surface area contributed by atoms with Gasteiger partial charge in [-0.3, -0.25) is 4.79 Å². The smallest absolute Gasteiger partial charge is 0.242 e. The molecule has 0 bridgehead atoms. The molecule has 0 saturated carbocycles. The van der Waals surface area contributed by atoms with Gasteiger partial charge in [0.1, 0.15) is 17.7 Å². The summed E-state index contributed by atoms with van der Waals surface area (Å²) in [7, 11) is 0. The van der Waals surface area contributed by atoms with Crippen LogP contribution in [0.4, 0.5) is 11.6 Å². The molecule has 0 aromatic carbocycles. The standard InChI is InChI=1S/C12H18Cl2N4O/c1-6(2)5-16-12(19)7(3)17-11-9(14)4-8(13)10(15)18-11/h4,6-7H,5H2,1-3H3,(H,16,19)(H3,15,17,18). The second kappa shape index (κ2) is 6.82. The molecule has 0 aliphatic heterocycles. The van der Waals surface area contributed by atoms with Crippen LogP contribution in [0.2, 0.25) is 10.0 Å². The fourth-order valence-corrected chi connectivity index (χ4v) is 1.72. The zero-order valence-corrected chi connectivity index (χ0v) is 12.6. The van der Waals surface area contributed by atoms with E-state index in [1.807, 2.05) is 13.8 Å². The van der Waals surface area contributed by atoms with Gasteiger partial charge in [0.15, 0.2) is 0 Å². The molecule has 1 heterocycles. The highest BCUT2D eigenvalue weighted by molar-refractivity contribution is 6.37. The molecule has 19 heavy (non-hydrogen) atoms. The van der Waals surface area contributed by atoms with E-state index >= 15 is 0 Å². The highest BCUT2D eigenvalue weighted by atomic mass is 35.5. The summed E-state index contributed by atoms with van der Waals surface area (Å²) in [4.78, 5) is 15.8. The van der Waals surface area contributed by atoms with Gasteiger partial charge in [-0.25, -0.2) is 4.98 Å². The van der Waals surface area contributed by atoms with Crippen LogP contribution in [0, 0.1) is 5.92 Å². The SMILES string of the molecule is CC(C)CNC(=O)C(C)Nc1nc(N)c(Cl)cc1Cl. The van der Waals surface area contributed by atoms with E-state index in [0.29, 0.717) is 23.3 Å². The molecule has 1 unspecified atom stereocenters. The van der Waals surface area contributed by atoms with Crippen molar-refractivity contribution in [2.24, 2.45) is 5.92 Å². The van der Waals surface area contributed by atoms with Gasteiger partial charge in [-0.15, -0.1) is 0 Å². The van der Waals surface area contributed by atoms with Gasteiger partial charge in [0, 0.05) is 6.54 Å². The summed E-state index contributed by atoms with van der Waals surface area (Å²) in [6.07, 6.45) is 0. The van der Waals surface area contributed by atoms with Gasteiger partial charge in [-0.05, 0) is 18.9 Å². The van der Waals surface area contributed by atoms with Crippen molar-refractivity contribution in [3.8, 4) is 0 Å². The molecule has 1 aromatic heterocycles. The van der Waals surface area contributed by atoms with Crippen molar-refractivity contribution < 1.29 is 4.79 Å². The average molecular weight is 305 g/mol. The van der Waals surface area contributed by atoms with E-state index in [1.54, 1.807) is 6.92 Å². The Labute approximate surface area is 122 Å². The molecule has 1 rings (SSSR count). The molecule has 0 aliphatic carbocycles. The highest BCUT2D eigenvalue weighted by Gasteiger charge is 2.15. The number of hydrogen-bond donors (Lipinski definition) is 3. The average Bonchev–Trinajstić information content (AvgIpc) is 2.32. The van der Waals surface area contributed by atoms with Crippen molar-refractivity contribution in [2.45, 2.75) is 26.8 Å². The second-order valence-electron chi connectivity index (χ2n) is 4.69. The number of nitrogens with one attached hydrogen (secondary N) is 2. The van der Waals surface area contributed by atoms with Crippen LogP contribution < -0.4 is 16.4 Å². The summed E-state index contributed by atoms with van der Waals surface area (Å²) in [5.74, 6) is 0.781. The molecule has 0 fully saturated rings. The molecule has 1 amide bonds. The quantitative estimate of drug-likeness (QED) is 0.781. The lowest BCUT2D eigenvalue weighted by Gasteiger charge is -2.16. The Hall–Kier alpha value is -1.20. The summed E-state index contributed by atoms with van der Waals surface area (Å²) in [5, 5.41) is 6.33. The highest BCUT2D eigenvalue weighted by Crippen LogP contribution is 2.27. The van der Waals surface area contributed by atoms with E-state index in [9.17, 15) is 4.79 Å². The maximum Gasteiger partial charge on any atom is 0.242 e. The summed E-state index contributed by atoms with van der Waals surface area (Å²) < 4.78 is 0. The summed E-state index contributed by atoms with van der Waals surface area (Å²) in [6.45, 7) is 6.39. The number of carbonyl (C=O) groups is 1. The fourth-order valence-electron chi connectivity index (χ4n) is 1.31. The lowest BCUT2D eigenvalue weighted by atomic mass is 10.2. The van der Waals surface area contributed by atoms with Gasteiger partial charge >= 0.3 is 0 Å². The summed E-state index contributed by atoms with van der Waals surface area (Å²) in [6, 6.07) is 1.02. The van der Waals surface area contributed by atoms with E-state index < -0.39 is 6.04 Å². The second-order valence-corrected chi connectivity index (χ2v) is 5.51. The molecule has 7 heteroatoms. The molecule has 5 nitrogen and oxygen atoms in total. The third-order valence-electron chi connectivity index (χ3n) is 2.39. The Bertz CT molecular complexity index is 465. The predicted octanol–water partition coefficient (Wildman–Crippen LogP) is 2.54. The lowest BCUT2D eigenvalue weighted by molar-refractivity contribution is -0.121. The summed E-state index contributed by atoms with van der Waals surface area (Å²) in [5.41, 5.74) is 5.60.